The van der Waals surface area contributed by atoms with Gasteiger partial charge >= 0.3 is 0 Å². The largest absolute Gasteiger partial charge is 0.326 e. The van der Waals surface area contributed by atoms with Crippen molar-refractivity contribution in [3.63, 3.8) is 0 Å². The summed E-state index contributed by atoms with van der Waals surface area (Å²) < 4.78 is 0. The smallest absolute Gasteiger partial charge is 0.228 e. The van der Waals surface area contributed by atoms with Crippen LogP contribution < -0.4 is 5.32 Å². The zero-order valence-corrected chi connectivity index (χ0v) is 17.5. The van der Waals surface area contributed by atoms with Gasteiger partial charge in [-0.05, 0) is 48.0 Å². The Hall–Kier alpha value is -3.98. The lowest BCUT2D eigenvalue weighted by atomic mass is 10.1. The van der Waals surface area contributed by atoms with Gasteiger partial charge in [-0.2, -0.15) is 0 Å². The molecule has 0 spiro atoms. The first kappa shape index (κ1) is 20.0. The van der Waals surface area contributed by atoms with Crippen molar-refractivity contribution in [2.24, 2.45) is 0 Å². The number of pyridine rings is 2. The number of carbonyl (C=O) groups excluding carboxylic acids is 2. The van der Waals surface area contributed by atoms with E-state index in [2.05, 4.69) is 30.5 Å². The molecule has 1 aromatic carbocycles. The van der Waals surface area contributed by atoms with Gasteiger partial charge in [0.1, 0.15) is 11.4 Å². The molecule has 4 aromatic rings. The monoisotopic (exact) mass is 440 g/mol. The summed E-state index contributed by atoms with van der Waals surface area (Å²) in [7, 11) is 0. The van der Waals surface area contributed by atoms with E-state index in [0.717, 1.165) is 11.3 Å². The van der Waals surface area contributed by atoms with E-state index in [1.54, 1.807) is 30.6 Å². The molecule has 0 saturated carbocycles. The Morgan fingerprint density at radius 2 is 1.69 bits per heavy atom. The number of aromatic nitrogens is 5. The van der Waals surface area contributed by atoms with E-state index in [4.69, 9.17) is 0 Å². The van der Waals surface area contributed by atoms with Gasteiger partial charge in [-0.25, -0.2) is 4.98 Å². The number of benzene rings is 1. The van der Waals surface area contributed by atoms with E-state index in [1.807, 2.05) is 36.4 Å². The third kappa shape index (κ3) is 4.10. The Balaban J connectivity index is 1.39. The zero-order chi connectivity index (χ0) is 21.9. The van der Waals surface area contributed by atoms with Crippen LogP contribution in [-0.4, -0.2) is 42.6 Å². The van der Waals surface area contributed by atoms with E-state index in [0.29, 0.717) is 39.9 Å². The van der Waals surface area contributed by atoms with Gasteiger partial charge in [0.15, 0.2) is 5.78 Å². The lowest BCUT2D eigenvalue weighted by Gasteiger charge is -2.08. The normalized spacial score (nSPS) is 12.3. The van der Waals surface area contributed by atoms with Gasteiger partial charge in [0.2, 0.25) is 11.1 Å². The highest BCUT2D eigenvalue weighted by atomic mass is 32.2. The van der Waals surface area contributed by atoms with Crippen LogP contribution in [0.1, 0.15) is 15.9 Å². The highest BCUT2D eigenvalue weighted by Crippen LogP contribution is 2.28. The summed E-state index contributed by atoms with van der Waals surface area (Å²) in [6.45, 7) is 0. The number of hydrogen-bond acceptors (Lipinski definition) is 8. The molecular formula is C23H16N6O2S. The van der Waals surface area contributed by atoms with Crippen LogP contribution in [0.3, 0.4) is 0 Å². The topological polar surface area (TPSA) is 111 Å². The maximum Gasteiger partial charge on any atom is 0.228 e. The van der Waals surface area contributed by atoms with E-state index in [1.165, 1.54) is 11.8 Å². The van der Waals surface area contributed by atoms with Gasteiger partial charge in [0, 0.05) is 23.6 Å². The minimum atomic E-state index is -0.0751. The summed E-state index contributed by atoms with van der Waals surface area (Å²) in [5, 5.41) is 11.7. The molecular weight excluding hydrogens is 424 g/mol. The Labute approximate surface area is 187 Å². The minimum Gasteiger partial charge on any atom is -0.326 e. The van der Waals surface area contributed by atoms with Crippen molar-refractivity contribution in [1.29, 1.82) is 0 Å². The van der Waals surface area contributed by atoms with Crippen molar-refractivity contribution in [2.45, 2.75) is 11.6 Å². The standard InChI is InChI=1S/C23H16N6O2S/c30-19(14-7-8-16-15(11-14)12-20(31)26-16)13-32-23-27-21(17-5-1-3-9-24-17)22(28-29-23)18-6-2-4-10-25-18/h1-11H,12-13H2,(H,26,31). The number of rotatable bonds is 6. The Morgan fingerprint density at radius 3 is 2.41 bits per heavy atom. The van der Waals surface area contributed by atoms with Crippen molar-refractivity contribution in [3.05, 3.63) is 78.1 Å². The molecule has 1 N–H and O–H groups in total. The van der Waals surface area contributed by atoms with Gasteiger partial charge in [0.05, 0.1) is 23.6 Å². The van der Waals surface area contributed by atoms with Crippen LogP contribution in [0.5, 0.6) is 0 Å². The molecule has 9 heteroatoms. The molecule has 0 atom stereocenters. The maximum absolute atomic E-state index is 12.7. The number of anilines is 1. The quantitative estimate of drug-likeness (QED) is 0.358. The summed E-state index contributed by atoms with van der Waals surface area (Å²) in [6, 6.07) is 16.3. The number of hydrogen-bond donors (Lipinski definition) is 1. The maximum atomic E-state index is 12.7. The molecule has 8 nitrogen and oxygen atoms in total. The number of ketones is 1. The highest BCUT2D eigenvalue weighted by molar-refractivity contribution is 7.99. The van der Waals surface area contributed by atoms with E-state index < -0.39 is 0 Å². The number of nitrogens with zero attached hydrogens (tertiary/aromatic N) is 5. The van der Waals surface area contributed by atoms with Gasteiger partial charge in [0.25, 0.3) is 0 Å². The van der Waals surface area contributed by atoms with Crippen molar-refractivity contribution in [1.82, 2.24) is 25.1 Å². The lowest BCUT2D eigenvalue weighted by Crippen LogP contribution is -2.06. The second-order valence-electron chi connectivity index (χ2n) is 7.03. The SMILES string of the molecule is O=C1Cc2cc(C(=O)CSc3nnc(-c4ccccn4)c(-c4ccccn4)n3)ccc2N1. The fraction of sp³-hybridized carbons (Fsp3) is 0.0870. The summed E-state index contributed by atoms with van der Waals surface area (Å²) in [6.07, 6.45) is 3.66. The predicted molar refractivity (Wildman–Crippen MR) is 120 cm³/mol. The molecule has 1 aliphatic heterocycles. The number of carbonyl (C=O) groups is 2. The third-order valence-electron chi connectivity index (χ3n) is 4.87. The Morgan fingerprint density at radius 1 is 0.938 bits per heavy atom. The highest BCUT2D eigenvalue weighted by Gasteiger charge is 2.20. The Kier molecular flexibility index (Phi) is 5.39. The molecule has 1 aliphatic rings. The Bertz CT molecular complexity index is 1310. The number of amides is 1. The number of fused-ring (bicyclic) bond motifs is 1. The summed E-state index contributed by atoms with van der Waals surface area (Å²) in [4.78, 5) is 37.6. The average molecular weight is 440 g/mol. The first-order chi connectivity index (χ1) is 15.7. The molecule has 4 heterocycles. The first-order valence-corrected chi connectivity index (χ1v) is 10.8. The van der Waals surface area contributed by atoms with Gasteiger partial charge in [-0.3, -0.25) is 19.6 Å². The summed E-state index contributed by atoms with van der Waals surface area (Å²) in [5.74, 6) is 0.00863. The van der Waals surface area contributed by atoms with Crippen LogP contribution in [0.2, 0.25) is 0 Å². The zero-order valence-electron chi connectivity index (χ0n) is 16.7. The van der Waals surface area contributed by atoms with Crippen molar-refractivity contribution < 1.29 is 9.59 Å². The summed E-state index contributed by atoms with van der Waals surface area (Å²) in [5.41, 5.74) is 4.51. The van der Waals surface area contributed by atoms with E-state index in [9.17, 15) is 9.59 Å². The van der Waals surface area contributed by atoms with Crippen molar-refractivity contribution >= 4 is 29.1 Å². The van der Waals surface area contributed by atoms with Crippen LogP contribution in [0.25, 0.3) is 22.8 Å². The molecule has 5 rings (SSSR count). The van der Waals surface area contributed by atoms with Crippen LogP contribution >= 0.6 is 11.8 Å². The van der Waals surface area contributed by atoms with Gasteiger partial charge in [-0.15, -0.1) is 10.2 Å². The molecule has 0 radical (unpaired) electrons. The second-order valence-corrected chi connectivity index (χ2v) is 7.97. The predicted octanol–water partition coefficient (Wildman–Crippen LogP) is 3.47. The van der Waals surface area contributed by atoms with Gasteiger partial charge < -0.3 is 5.32 Å². The fourth-order valence-corrected chi connectivity index (χ4v) is 4.03. The molecule has 0 saturated heterocycles. The van der Waals surface area contributed by atoms with Crippen LogP contribution in [-0.2, 0) is 11.2 Å². The molecule has 3 aromatic heterocycles. The fourth-order valence-electron chi connectivity index (χ4n) is 3.35. The first-order valence-electron chi connectivity index (χ1n) is 9.84. The third-order valence-corrected chi connectivity index (χ3v) is 5.70. The van der Waals surface area contributed by atoms with E-state index in [-0.39, 0.29) is 17.4 Å². The van der Waals surface area contributed by atoms with Crippen LogP contribution in [0, 0.1) is 0 Å². The molecule has 0 fully saturated rings. The van der Waals surface area contributed by atoms with E-state index >= 15 is 0 Å². The second kappa shape index (κ2) is 8.64. The molecule has 32 heavy (non-hydrogen) atoms. The van der Waals surface area contributed by atoms with Crippen molar-refractivity contribution in [3.8, 4) is 22.8 Å². The molecule has 1 amide bonds. The van der Waals surface area contributed by atoms with Crippen LogP contribution in [0.4, 0.5) is 5.69 Å². The molecule has 0 unspecified atom stereocenters. The lowest BCUT2D eigenvalue weighted by molar-refractivity contribution is -0.115. The minimum absolute atomic E-state index is 0.0616. The number of Topliss-reactive ketones (excluding diaryl/α,β-unsaturated/α-hetero) is 1. The van der Waals surface area contributed by atoms with Gasteiger partial charge in [-0.1, -0.05) is 23.9 Å². The average Bonchev–Trinajstić information content (AvgIpc) is 3.22. The number of thioether (sulfide) groups is 1. The molecule has 156 valence electrons. The summed E-state index contributed by atoms with van der Waals surface area (Å²) >= 11 is 1.20. The molecule has 0 bridgehead atoms. The van der Waals surface area contributed by atoms with Crippen LogP contribution in [0.15, 0.2) is 72.1 Å². The van der Waals surface area contributed by atoms with Crippen molar-refractivity contribution in [2.75, 3.05) is 11.1 Å². The molecule has 0 aliphatic carbocycles. The number of nitrogens with one attached hydrogen (secondary N) is 1.